The second-order valence-electron chi connectivity index (χ2n) is 6.50. The molecule has 0 aliphatic heterocycles. The number of phenolic OH excluding ortho intramolecular Hbond substituents is 1. The average Bonchev–Trinajstić information content (AvgIpc) is 3.07. The van der Waals surface area contributed by atoms with Gasteiger partial charge in [-0.05, 0) is 52.6 Å². The van der Waals surface area contributed by atoms with Gasteiger partial charge in [0.25, 0.3) is 0 Å². The lowest BCUT2D eigenvalue weighted by atomic mass is 9.96. The topological polar surface area (TPSA) is 46.0 Å². The van der Waals surface area contributed by atoms with Crippen LogP contribution in [-0.4, -0.2) is 15.1 Å². The summed E-state index contributed by atoms with van der Waals surface area (Å²) in [5, 5.41) is 9.65. The molecule has 1 aliphatic carbocycles. The molecular formula is C23H16N2O. The van der Waals surface area contributed by atoms with E-state index in [-0.39, 0.29) is 5.75 Å². The predicted octanol–water partition coefficient (Wildman–Crippen LogP) is 5.09. The molecule has 26 heavy (non-hydrogen) atoms. The van der Waals surface area contributed by atoms with Gasteiger partial charge < -0.3 is 5.11 Å². The molecule has 1 N–H and O–H groups in total. The van der Waals surface area contributed by atoms with Gasteiger partial charge in [-0.2, -0.15) is 0 Å². The first-order valence-corrected chi connectivity index (χ1v) is 8.61. The zero-order valence-electron chi connectivity index (χ0n) is 14.1. The van der Waals surface area contributed by atoms with Gasteiger partial charge in [0.15, 0.2) is 0 Å². The second-order valence-corrected chi connectivity index (χ2v) is 6.50. The molecule has 0 bridgehead atoms. The molecule has 124 valence electrons. The van der Waals surface area contributed by atoms with Gasteiger partial charge in [0.2, 0.25) is 0 Å². The molecule has 0 saturated carbocycles. The van der Waals surface area contributed by atoms with Crippen molar-refractivity contribution in [2.75, 3.05) is 0 Å². The van der Waals surface area contributed by atoms with Crippen molar-refractivity contribution in [2.45, 2.75) is 6.42 Å². The quantitative estimate of drug-likeness (QED) is 0.488. The number of hydrogen-bond donors (Lipinski definition) is 1. The van der Waals surface area contributed by atoms with Gasteiger partial charge in [-0.3, -0.25) is 4.98 Å². The number of aromatic nitrogens is 2. The predicted molar refractivity (Wildman–Crippen MR) is 103 cm³/mol. The molecular weight excluding hydrogens is 320 g/mol. The van der Waals surface area contributed by atoms with Crippen LogP contribution < -0.4 is 0 Å². The van der Waals surface area contributed by atoms with E-state index in [1.54, 1.807) is 24.5 Å². The van der Waals surface area contributed by atoms with Gasteiger partial charge in [-0.15, -0.1) is 0 Å². The summed E-state index contributed by atoms with van der Waals surface area (Å²) in [6.45, 7) is 0. The van der Waals surface area contributed by atoms with E-state index in [1.807, 2.05) is 24.3 Å². The minimum atomic E-state index is 0.275. The highest BCUT2D eigenvalue weighted by molar-refractivity contribution is 5.85. The standard InChI is InChI=1S/C23H16N2O/c26-18-7-5-15(6-8-18)20-14-22(16-9-11-24-12-10-16)25-23-19-4-2-1-3-17(19)13-21(20)23/h1-12,14,26H,13H2. The summed E-state index contributed by atoms with van der Waals surface area (Å²) in [7, 11) is 0. The number of nitrogens with zero attached hydrogens (tertiary/aromatic N) is 2. The van der Waals surface area contributed by atoms with Crippen LogP contribution in [0.3, 0.4) is 0 Å². The Bertz CT molecular complexity index is 1100. The minimum absolute atomic E-state index is 0.275. The fraction of sp³-hybridized carbons (Fsp3) is 0.0435. The van der Waals surface area contributed by atoms with Crippen LogP contribution in [0.1, 0.15) is 11.1 Å². The molecule has 2 aromatic heterocycles. The maximum absolute atomic E-state index is 9.65. The molecule has 1 aliphatic rings. The normalized spacial score (nSPS) is 11.8. The van der Waals surface area contributed by atoms with Crippen molar-refractivity contribution in [1.82, 2.24) is 9.97 Å². The Hall–Kier alpha value is -3.46. The highest BCUT2D eigenvalue weighted by atomic mass is 16.3. The smallest absolute Gasteiger partial charge is 0.115 e. The Morgan fingerprint density at radius 3 is 2.35 bits per heavy atom. The molecule has 3 heteroatoms. The summed E-state index contributed by atoms with van der Waals surface area (Å²) in [5.41, 5.74) is 9.05. The van der Waals surface area contributed by atoms with Crippen LogP contribution in [0.25, 0.3) is 33.6 Å². The van der Waals surface area contributed by atoms with Crippen LogP contribution in [0, 0.1) is 0 Å². The molecule has 0 atom stereocenters. The molecule has 0 saturated heterocycles. The van der Waals surface area contributed by atoms with Crippen LogP contribution >= 0.6 is 0 Å². The number of benzene rings is 2. The Kier molecular flexibility index (Phi) is 3.32. The Morgan fingerprint density at radius 2 is 1.54 bits per heavy atom. The van der Waals surface area contributed by atoms with Crippen LogP contribution in [0.2, 0.25) is 0 Å². The van der Waals surface area contributed by atoms with Gasteiger partial charge in [0.05, 0.1) is 11.4 Å². The first-order chi connectivity index (χ1) is 12.8. The van der Waals surface area contributed by atoms with Crippen molar-refractivity contribution in [1.29, 1.82) is 0 Å². The van der Waals surface area contributed by atoms with Crippen molar-refractivity contribution in [3.8, 4) is 39.4 Å². The summed E-state index contributed by atoms with van der Waals surface area (Å²) in [6, 6.07) is 22.0. The molecule has 0 amide bonds. The largest absolute Gasteiger partial charge is 0.508 e. The fourth-order valence-electron chi connectivity index (χ4n) is 3.64. The Balaban J connectivity index is 1.78. The lowest BCUT2D eigenvalue weighted by molar-refractivity contribution is 0.475. The summed E-state index contributed by atoms with van der Waals surface area (Å²) < 4.78 is 0. The minimum Gasteiger partial charge on any atom is -0.508 e. The molecule has 5 rings (SSSR count). The maximum Gasteiger partial charge on any atom is 0.115 e. The van der Waals surface area contributed by atoms with E-state index < -0.39 is 0 Å². The monoisotopic (exact) mass is 336 g/mol. The van der Waals surface area contributed by atoms with E-state index in [1.165, 1.54) is 16.7 Å². The summed E-state index contributed by atoms with van der Waals surface area (Å²) in [5.74, 6) is 0.275. The molecule has 0 fully saturated rings. The zero-order valence-corrected chi connectivity index (χ0v) is 14.1. The first kappa shape index (κ1) is 14.8. The van der Waals surface area contributed by atoms with Gasteiger partial charge in [-0.25, -0.2) is 4.98 Å². The molecule has 3 nitrogen and oxygen atoms in total. The van der Waals surface area contributed by atoms with E-state index in [2.05, 4.69) is 35.3 Å². The number of aromatic hydroxyl groups is 1. The van der Waals surface area contributed by atoms with Gasteiger partial charge in [0.1, 0.15) is 5.75 Å². The van der Waals surface area contributed by atoms with Crippen LogP contribution in [0.5, 0.6) is 5.75 Å². The molecule has 0 unspecified atom stereocenters. The van der Waals surface area contributed by atoms with Crippen molar-refractivity contribution in [2.24, 2.45) is 0 Å². The van der Waals surface area contributed by atoms with E-state index in [0.717, 1.165) is 34.5 Å². The Labute approximate surface area is 151 Å². The zero-order chi connectivity index (χ0) is 17.5. The first-order valence-electron chi connectivity index (χ1n) is 8.61. The van der Waals surface area contributed by atoms with E-state index in [9.17, 15) is 5.11 Å². The lowest BCUT2D eigenvalue weighted by Crippen LogP contribution is -1.94. The van der Waals surface area contributed by atoms with Crippen molar-refractivity contribution in [3.05, 3.63) is 90.3 Å². The Morgan fingerprint density at radius 1 is 0.769 bits per heavy atom. The number of phenols is 1. The lowest BCUT2D eigenvalue weighted by Gasteiger charge is -2.12. The average molecular weight is 336 g/mol. The van der Waals surface area contributed by atoms with Crippen molar-refractivity contribution < 1.29 is 5.11 Å². The summed E-state index contributed by atoms with van der Waals surface area (Å²) in [4.78, 5) is 9.11. The molecule has 0 spiro atoms. The van der Waals surface area contributed by atoms with E-state index in [0.29, 0.717) is 0 Å². The third-order valence-electron chi connectivity index (χ3n) is 4.92. The highest BCUT2D eigenvalue weighted by Gasteiger charge is 2.24. The molecule has 4 aromatic rings. The summed E-state index contributed by atoms with van der Waals surface area (Å²) in [6.07, 6.45) is 4.46. The third-order valence-corrected chi connectivity index (χ3v) is 4.92. The van der Waals surface area contributed by atoms with Gasteiger partial charge >= 0.3 is 0 Å². The molecule has 2 aromatic carbocycles. The SMILES string of the molecule is Oc1ccc(-c2cc(-c3ccncc3)nc3c2Cc2ccccc2-3)cc1. The van der Waals surface area contributed by atoms with Crippen LogP contribution in [0.15, 0.2) is 79.1 Å². The number of rotatable bonds is 2. The van der Waals surface area contributed by atoms with E-state index in [4.69, 9.17) is 4.98 Å². The summed E-state index contributed by atoms with van der Waals surface area (Å²) >= 11 is 0. The van der Waals surface area contributed by atoms with Crippen LogP contribution in [0.4, 0.5) is 0 Å². The number of fused-ring (bicyclic) bond motifs is 3. The highest BCUT2D eigenvalue weighted by Crippen LogP contribution is 2.42. The van der Waals surface area contributed by atoms with Crippen molar-refractivity contribution in [3.63, 3.8) is 0 Å². The van der Waals surface area contributed by atoms with Gasteiger partial charge in [0, 0.05) is 29.9 Å². The molecule has 2 heterocycles. The second kappa shape index (κ2) is 5.81. The van der Waals surface area contributed by atoms with E-state index >= 15 is 0 Å². The fourth-order valence-corrected chi connectivity index (χ4v) is 3.64. The third kappa shape index (κ3) is 2.37. The maximum atomic E-state index is 9.65. The van der Waals surface area contributed by atoms with Crippen molar-refractivity contribution >= 4 is 0 Å². The van der Waals surface area contributed by atoms with Crippen LogP contribution in [-0.2, 0) is 6.42 Å². The van der Waals surface area contributed by atoms with Gasteiger partial charge in [-0.1, -0.05) is 36.4 Å². The number of hydrogen-bond acceptors (Lipinski definition) is 3. The molecule has 0 radical (unpaired) electrons. The number of pyridine rings is 2.